The minimum absolute atomic E-state index is 0.0183. The molecule has 11 heteroatoms. The lowest BCUT2D eigenvalue weighted by molar-refractivity contribution is -0.136. The van der Waals surface area contributed by atoms with Gasteiger partial charge in [0.05, 0.1) is 42.0 Å². The molecule has 6 aliphatic heterocycles. The number of rotatable bonds is 7. The molecule has 2 unspecified atom stereocenters. The van der Waals surface area contributed by atoms with Gasteiger partial charge in [-0.15, -0.1) is 0 Å². The Kier molecular flexibility index (Phi) is 9.32. The number of nitrogens with two attached hydrogens (primary N) is 1. The van der Waals surface area contributed by atoms with Crippen LogP contribution in [0.2, 0.25) is 5.02 Å². The van der Waals surface area contributed by atoms with Crippen LogP contribution in [0.1, 0.15) is 46.9 Å². The lowest BCUT2D eigenvalue weighted by Gasteiger charge is -2.40. The summed E-state index contributed by atoms with van der Waals surface area (Å²) in [5.41, 5.74) is 7.17. The molecule has 0 saturated carbocycles. The van der Waals surface area contributed by atoms with Crippen LogP contribution in [0.5, 0.6) is 11.5 Å². The zero-order valence-electron chi connectivity index (χ0n) is 23.3. The van der Waals surface area contributed by atoms with Crippen LogP contribution >= 0.6 is 11.6 Å². The number of anilines is 1. The highest BCUT2D eigenvalue weighted by molar-refractivity contribution is 6.33. The Labute approximate surface area is 245 Å². The molecule has 6 aliphatic rings. The van der Waals surface area contributed by atoms with Gasteiger partial charge in [0.1, 0.15) is 11.5 Å². The molecular formula is C30H37ClN4O6. The van der Waals surface area contributed by atoms with Crippen molar-refractivity contribution in [1.29, 1.82) is 0 Å². The van der Waals surface area contributed by atoms with Crippen LogP contribution in [-0.4, -0.2) is 86.2 Å². The molecule has 41 heavy (non-hydrogen) atoms. The number of esters is 1. The highest BCUT2D eigenvalue weighted by Crippen LogP contribution is 2.32. The molecule has 0 radical (unpaired) electrons. The summed E-state index contributed by atoms with van der Waals surface area (Å²) in [6, 6.07) is 9.88. The molecule has 2 atom stereocenters. The highest BCUT2D eigenvalue weighted by Gasteiger charge is 2.34. The SMILES string of the molecule is CCOc1cc(N)c(Cl)cc1C(=O)NCC1CN(CC2CC(=O)Oc3ccc(cc3)C(=O)N3CCC2CC3)CCO1. The van der Waals surface area contributed by atoms with E-state index in [1.54, 1.807) is 30.3 Å². The number of nitrogens with zero attached hydrogens (tertiary/aromatic N) is 2. The van der Waals surface area contributed by atoms with Crippen molar-refractivity contribution in [3.63, 3.8) is 0 Å². The predicted molar refractivity (Wildman–Crippen MR) is 154 cm³/mol. The van der Waals surface area contributed by atoms with Gasteiger partial charge in [0.15, 0.2) is 0 Å². The second-order valence-electron chi connectivity index (χ2n) is 10.9. The average Bonchev–Trinajstić information content (AvgIpc) is 2.99. The molecule has 2 saturated heterocycles. The number of halogens is 1. The van der Waals surface area contributed by atoms with E-state index in [0.717, 1.165) is 19.4 Å². The Morgan fingerprint density at radius 3 is 2.63 bits per heavy atom. The third-order valence-corrected chi connectivity index (χ3v) is 8.43. The summed E-state index contributed by atoms with van der Waals surface area (Å²) in [5, 5.41) is 3.23. The van der Waals surface area contributed by atoms with Crippen molar-refractivity contribution in [1.82, 2.24) is 15.1 Å². The van der Waals surface area contributed by atoms with Gasteiger partial charge in [0, 0.05) is 50.9 Å². The number of morpholine rings is 1. The van der Waals surface area contributed by atoms with Gasteiger partial charge in [-0.3, -0.25) is 19.3 Å². The Morgan fingerprint density at radius 2 is 1.90 bits per heavy atom. The average molecular weight is 585 g/mol. The molecule has 0 spiro atoms. The fourth-order valence-electron chi connectivity index (χ4n) is 5.91. The van der Waals surface area contributed by atoms with Crippen LogP contribution in [0.15, 0.2) is 36.4 Å². The minimum atomic E-state index is -0.316. The van der Waals surface area contributed by atoms with Gasteiger partial charge < -0.3 is 30.2 Å². The number of hydrogen-bond acceptors (Lipinski definition) is 8. The van der Waals surface area contributed by atoms with Crippen LogP contribution < -0.4 is 20.5 Å². The van der Waals surface area contributed by atoms with E-state index in [1.807, 2.05) is 11.8 Å². The Morgan fingerprint density at radius 1 is 1.15 bits per heavy atom. The van der Waals surface area contributed by atoms with Gasteiger partial charge >= 0.3 is 5.97 Å². The van der Waals surface area contributed by atoms with E-state index in [0.29, 0.717) is 86.6 Å². The number of carbonyl (C=O) groups excluding carboxylic acids is 3. The van der Waals surface area contributed by atoms with E-state index >= 15 is 0 Å². The van der Waals surface area contributed by atoms with Crippen molar-refractivity contribution in [3.8, 4) is 11.5 Å². The first kappa shape index (κ1) is 29.2. The van der Waals surface area contributed by atoms with E-state index in [4.69, 9.17) is 31.5 Å². The summed E-state index contributed by atoms with van der Waals surface area (Å²) in [7, 11) is 0. The molecule has 6 heterocycles. The van der Waals surface area contributed by atoms with Crippen LogP contribution in [-0.2, 0) is 9.53 Å². The maximum absolute atomic E-state index is 13.0. The van der Waals surface area contributed by atoms with Crippen molar-refractivity contribution in [2.24, 2.45) is 11.8 Å². The van der Waals surface area contributed by atoms with Gasteiger partial charge in [0.2, 0.25) is 0 Å². The van der Waals surface area contributed by atoms with E-state index in [-0.39, 0.29) is 34.8 Å². The maximum atomic E-state index is 13.0. The van der Waals surface area contributed by atoms with E-state index in [1.165, 1.54) is 6.07 Å². The maximum Gasteiger partial charge on any atom is 0.311 e. The zero-order valence-corrected chi connectivity index (χ0v) is 24.0. The van der Waals surface area contributed by atoms with Crippen LogP contribution in [0.4, 0.5) is 5.69 Å². The van der Waals surface area contributed by atoms with Gasteiger partial charge in [-0.05, 0) is 61.9 Å². The summed E-state index contributed by atoms with van der Waals surface area (Å²) >= 11 is 6.17. The summed E-state index contributed by atoms with van der Waals surface area (Å²) < 4.78 is 17.2. The molecular weight excluding hydrogens is 548 g/mol. The molecule has 220 valence electrons. The molecule has 8 rings (SSSR count). The standard InChI is InChI=1S/C30H37ClN4O6/c1-2-39-27-15-26(32)25(31)14-24(27)29(37)33-16-23-18-34(11-12-40-23)17-21-13-28(36)41-22-5-3-20(4-6-22)30(38)35-9-7-19(21)8-10-35/h3-6,14-15,19,21,23H,2,7-13,16-18,32H2,1H3,(H,33,37). The monoisotopic (exact) mass is 584 g/mol. The van der Waals surface area contributed by atoms with E-state index < -0.39 is 0 Å². The minimum Gasteiger partial charge on any atom is -0.493 e. The number of nitrogen functional groups attached to an aromatic ring is 1. The number of piperidine rings is 1. The Hall–Kier alpha value is -3.34. The number of amides is 2. The fourth-order valence-corrected chi connectivity index (χ4v) is 6.08. The normalized spacial score (nSPS) is 23.4. The zero-order chi connectivity index (χ0) is 28.9. The first-order chi connectivity index (χ1) is 19.8. The molecule has 2 amide bonds. The van der Waals surface area contributed by atoms with Crippen molar-refractivity contribution < 1.29 is 28.6 Å². The lowest BCUT2D eigenvalue weighted by Crippen LogP contribution is -2.50. The smallest absolute Gasteiger partial charge is 0.311 e. The first-order valence-electron chi connectivity index (χ1n) is 14.2. The molecule has 10 nitrogen and oxygen atoms in total. The van der Waals surface area contributed by atoms with Crippen molar-refractivity contribution >= 4 is 35.1 Å². The third kappa shape index (κ3) is 7.12. The van der Waals surface area contributed by atoms with Crippen molar-refractivity contribution in [3.05, 3.63) is 52.5 Å². The summed E-state index contributed by atoms with van der Waals surface area (Å²) in [5.74, 6) is 0.649. The van der Waals surface area contributed by atoms with E-state index in [2.05, 4.69) is 10.2 Å². The van der Waals surface area contributed by atoms with Crippen LogP contribution in [0, 0.1) is 11.8 Å². The van der Waals surface area contributed by atoms with Gasteiger partial charge in [-0.1, -0.05) is 11.6 Å². The predicted octanol–water partition coefficient (Wildman–Crippen LogP) is 3.23. The van der Waals surface area contributed by atoms with Crippen molar-refractivity contribution in [2.45, 2.75) is 32.3 Å². The summed E-state index contributed by atoms with van der Waals surface area (Å²) in [6.45, 7) is 6.46. The van der Waals surface area contributed by atoms with Gasteiger partial charge in [-0.25, -0.2) is 0 Å². The fraction of sp³-hybridized carbons (Fsp3) is 0.500. The first-order valence-corrected chi connectivity index (χ1v) is 14.6. The number of benzene rings is 2. The number of nitrogens with one attached hydrogen (secondary N) is 1. The second-order valence-corrected chi connectivity index (χ2v) is 11.3. The molecule has 4 bridgehead atoms. The second kappa shape index (κ2) is 13.1. The quantitative estimate of drug-likeness (QED) is 0.289. The number of hydrogen-bond donors (Lipinski definition) is 2. The van der Waals surface area contributed by atoms with Gasteiger partial charge in [-0.2, -0.15) is 0 Å². The van der Waals surface area contributed by atoms with Crippen LogP contribution in [0.25, 0.3) is 0 Å². The highest BCUT2D eigenvalue weighted by atomic mass is 35.5. The molecule has 0 aliphatic carbocycles. The number of ether oxygens (including phenoxy) is 3. The van der Waals surface area contributed by atoms with E-state index in [9.17, 15) is 14.4 Å². The topological polar surface area (TPSA) is 123 Å². The summed E-state index contributed by atoms with van der Waals surface area (Å²) in [6.07, 6.45) is 1.78. The largest absolute Gasteiger partial charge is 0.493 e. The lowest BCUT2D eigenvalue weighted by atomic mass is 9.81. The van der Waals surface area contributed by atoms with Crippen molar-refractivity contribution in [2.75, 3.05) is 58.2 Å². The molecule has 2 aromatic rings. The molecule has 2 aromatic carbocycles. The number of carbonyl (C=O) groups is 3. The van der Waals surface area contributed by atoms with Gasteiger partial charge in [0.25, 0.3) is 11.8 Å². The Balaban J connectivity index is 1.21. The summed E-state index contributed by atoms with van der Waals surface area (Å²) in [4.78, 5) is 43.1. The van der Waals surface area contributed by atoms with Crippen LogP contribution in [0.3, 0.4) is 0 Å². The Bertz CT molecular complexity index is 1260. The molecule has 0 aromatic heterocycles. The molecule has 3 N–H and O–H groups in total. The molecule has 2 fully saturated rings. The third-order valence-electron chi connectivity index (χ3n) is 8.10.